The summed E-state index contributed by atoms with van der Waals surface area (Å²) >= 11 is 5.64. The molecule has 2 rings (SSSR count). The van der Waals surface area contributed by atoms with Crippen molar-refractivity contribution in [2.75, 3.05) is 6.26 Å². The Morgan fingerprint density at radius 2 is 2.00 bits per heavy atom. The molecular weight excluding hydrogens is 337 g/mol. The van der Waals surface area contributed by atoms with Crippen molar-refractivity contribution in [3.63, 3.8) is 0 Å². The summed E-state index contributed by atoms with van der Waals surface area (Å²) in [5.41, 5.74) is -1.53. The molecule has 2 aromatic rings. The first-order valence-electron chi connectivity index (χ1n) is 5.29. The molecular formula is C9H8ClF3N4O3S. The SMILES string of the molecule is Cn1nc(-c2nc(CS(C)(=O)=O)no2)c(Cl)c1C(F)(F)F. The van der Waals surface area contributed by atoms with Gasteiger partial charge in [-0.15, -0.1) is 0 Å². The molecule has 0 aromatic carbocycles. The Kier molecular flexibility index (Phi) is 3.74. The Bertz CT molecular complexity index is 781. The van der Waals surface area contributed by atoms with Gasteiger partial charge in [-0.3, -0.25) is 4.68 Å². The Morgan fingerprint density at radius 1 is 1.38 bits per heavy atom. The number of hydrogen-bond acceptors (Lipinski definition) is 6. The molecule has 0 unspecified atom stereocenters. The van der Waals surface area contributed by atoms with Crippen molar-refractivity contribution in [3.05, 3.63) is 16.5 Å². The van der Waals surface area contributed by atoms with Crippen LogP contribution < -0.4 is 0 Å². The summed E-state index contributed by atoms with van der Waals surface area (Å²) in [6, 6.07) is 0. The largest absolute Gasteiger partial charge is 0.434 e. The number of rotatable bonds is 3. The lowest BCUT2D eigenvalue weighted by Crippen LogP contribution is -2.12. The summed E-state index contributed by atoms with van der Waals surface area (Å²) < 4.78 is 65.7. The number of aryl methyl sites for hydroxylation is 1. The quantitative estimate of drug-likeness (QED) is 0.841. The second-order valence-electron chi connectivity index (χ2n) is 4.22. The molecule has 21 heavy (non-hydrogen) atoms. The molecule has 0 spiro atoms. The fourth-order valence-corrected chi connectivity index (χ4v) is 2.52. The molecule has 0 amide bonds. The monoisotopic (exact) mass is 344 g/mol. The Hall–Kier alpha value is -1.62. The summed E-state index contributed by atoms with van der Waals surface area (Å²) in [5.74, 6) is -1.08. The normalized spacial score (nSPS) is 12.9. The van der Waals surface area contributed by atoms with E-state index in [9.17, 15) is 21.6 Å². The summed E-state index contributed by atoms with van der Waals surface area (Å²) in [4.78, 5) is 3.68. The third-order valence-corrected chi connectivity index (χ3v) is 3.46. The molecule has 0 bridgehead atoms. The van der Waals surface area contributed by atoms with Gasteiger partial charge in [0.25, 0.3) is 5.89 Å². The van der Waals surface area contributed by atoms with Gasteiger partial charge in [-0.25, -0.2) is 8.42 Å². The Balaban J connectivity index is 2.45. The van der Waals surface area contributed by atoms with Crippen molar-refractivity contribution < 1.29 is 26.1 Å². The summed E-state index contributed by atoms with van der Waals surface area (Å²) in [5, 5.41) is 6.25. The molecule has 2 heterocycles. The number of hydrogen-bond donors (Lipinski definition) is 0. The van der Waals surface area contributed by atoms with Gasteiger partial charge >= 0.3 is 6.18 Å². The third-order valence-electron chi connectivity index (χ3n) is 2.32. The van der Waals surface area contributed by atoms with Crippen LogP contribution in [0.4, 0.5) is 13.2 Å². The molecule has 12 heteroatoms. The van der Waals surface area contributed by atoms with Gasteiger partial charge in [0.05, 0.1) is 0 Å². The minimum Gasteiger partial charge on any atom is -0.332 e. The Morgan fingerprint density at radius 3 is 2.48 bits per heavy atom. The predicted octanol–water partition coefficient (Wildman–Crippen LogP) is 1.69. The van der Waals surface area contributed by atoms with E-state index in [0.29, 0.717) is 4.68 Å². The maximum absolute atomic E-state index is 12.8. The first-order valence-corrected chi connectivity index (χ1v) is 7.73. The van der Waals surface area contributed by atoms with E-state index < -0.39 is 32.5 Å². The number of aromatic nitrogens is 4. The highest BCUT2D eigenvalue weighted by Crippen LogP contribution is 2.38. The minimum absolute atomic E-state index is 0.192. The topological polar surface area (TPSA) is 90.9 Å². The Labute approximate surface area is 121 Å². The fourth-order valence-electron chi connectivity index (χ4n) is 1.59. The van der Waals surface area contributed by atoms with Crippen molar-refractivity contribution in [2.45, 2.75) is 11.9 Å². The van der Waals surface area contributed by atoms with E-state index >= 15 is 0 Å². The van der Waals surface area contributed by atoms with E-state index in [1.165, 1.54) is 0 Å². The molecule has 0 saturated carbocycles. The van der Waals surface area contributed by atoms with Crippen LogP contribution in [-0.2, 0) is 28.8 Å². The van der Waals surface area contributed by atoms with Crippen molar-refractivity contribution in [2.24, 2.45) is 7.05 Å². The van der Waals surface area contributed by atoms with Crippen LogP contribution in [0.3, 0.4) is 0 Å². The lowest BCUT2D eigenvalue weighted by Gasteiger charge is -2.05. The molecule has 116 valence electrons. The zero-order chi connectivity index (χ0) is 16.0. The van der Waals surface area contributed by atoms with Gasteiger partial charge in [0.1, 0.15) is 10.8 Å². The van der Waals surface area contributed by atoms with Crippen LogP contribution in [0.25, 0.3) is 11.6 Å². The molecule has 7 nitrogen and oxygen atoms in total. The predicted molar refractivity (Wildman–Crippen MR) is 65.1 cm³/mol. The standard InChI is InChI=1S/C9H8ClF3N4O3S/c1-17-7(9(11,12)13)5(10)6(15-17)8-14-4(16-20-8)3-21(2,18)19/h3H2,1-2H3. The van der Waals surface area contributed by atoms with Gasteiger partial charge in [0, 0.05) is 13.3 Å². The number of alkyl halides is 3. The first-order chi connectivity index (χ1) is 9.49. The number of nitrogens with zero attached hydrogens (tertiary/aromatic N) is 4. The van der Waals surface area contributed by atoms with Crippen molar-refractivity contribution in [1.82, 2.24) is 19.9 Å². The van der Waals surface area contributed by atoms with Crippen LogP contribution >= 0.6 is 11.6 Å². The highest BCUT2D eigenvalue weighted by Gasteiger charge is 2.40. The molecule has 0 fully saturated rings. The third kappa shape index (κ3) is 3.35. The lowest BCUT2D eigenvalue weighted by molar-refractivity contribution is -0.143. The average Bonchev–Trinajstić information content (AvgIpc) is 2.79. The van der Waals surface area contributed by atoms with Crippen molar-refractivity contribution in [1.29, 1.82) is 0 Å². The van der Waals surface area contributed by atoms with Crippen molar-refractivity contribution in [3.8, 4) is 11.6 Å². The zero-order valence-corrected chi connectivity index (χ0v) is 12.2. The van der Waals surface area contributed by atoms with Gasteiger partial charge in [-0.2, -0.15) is 23.3 Å². The highest BCUT2D eigenvalue weighted by atomic mass is 35.5. The fraction of sp³-hybridized carbons (Fsp3) is 0.444. The number of halogens is 4. The van der Waals surface area contributed by atoms with E-state index in [-0.39, 0.29) is 17.4 Å². The van der Waals surface area contributed by atoms with Gasteiger partial charge < -0.3 is 4.52 Å². The zero-order valence-electron chi connectivity index (χ0n) is 10.6. The lowest BCUT2D eigenvalue weighted by atomic mass is 10.3. The van der Waals surface area contributed by atoms with Gasteiger partial charge in [0.2, 0.25) is 0 Å². The molecule has 0 aliphatic heterocycles. The summed E-state index contributed by atoms with van der Waals surface area (Å²) in [6.45, 7) is 0. The van der Waals surface area contributed by atoms with Gasteiger partial charge in [0.15, 0.2) is 27.0 Å². The van der Waals surface area contributed by atoms with E-state index in [0.717, 1.165) is 13.3 Å². The average molecular weight is 345 g/mol. The molecule has 2 aromatic heterocycles. The van der Waals surface area contributed by atoms with Crippen LogP contribution in [0.5, 0.6) is 0 Å². The van der Waals surface area contributed by atoms with Crippen LogP contribution in [-0.4, -0.2) is 34.6 Å². The van der Waals surface area contributed by atoms with E-state index in [4.69, 9.17) is 16.1 Å². The van der Waals surface area contributed by atoms with Gasteiger partial charge in [-0.1, -0.05) is 16.8 Å². The van der Waals surface area contributed by atoms with Crippen LogP contribution in [0.2, 0.25) is 5.02 Å². The molecule has 0 N–H and O–H groups in total. The maximum Gasteiger partial charge on any atom is 0.434 e. The van der Waals surface area contributed by atoms with E-state index in [2.05, 4.69) is 15.2 Å². The van der Waals surface area contributed by atoms with Crippen LogP contribution in [0.1, 0.15) is 11.5 Å². The maximum atomic E-state index is 12.8. The second-order valence-corrected chi connectivity index (χ2v) is 6.74. The summed E-state index contributed by atoms with van der Waals surface area (Å²) in [7, 11) is -2.34. The van der Waals surface area contributed by atoms with E-state index in [1.54, 1.807) is 0 Å². The molecule has 0 radical (unpaired) electrons. The minimum atomic E-state index is -4.70. The molecule has 0 saturated heterocycles. The van der Waals surface area contributed by atoms with Crippen LogP contribution in [0, 0.1) is 0 Å². The smallest absolute Gasteiger partial charge is 0.332 e. The van der Waals surface area contributed by atoms with Crippen molar-refractivity contribution >= 4 is 21.4 Å². The second kappa shape index (κ2) is 4.98. The molecule has 0 aliphatic carbocycles. The summed E-state index contributed by atoms with van der Waals surface area (Å²) in [6.07, 6.45) is -3.74. The molecule has 0 aliphatic rings. The van der Waals surface area contributed by atoms with Crippen LogP contribution in [0.15, 0.2) is 4.52 Å². The molecule has 0 atom stereocenters. The highest BCUT2D eigenvalue weighted by molar-refractivity contribution is 7.89. The number of sulfone groups is 1. The first kappa shape index (κ1) is 15.8. The van der Waals surface area contributed by atoms with E-state index in [1.807, 2.05) is 0 Å². The van der Waals surface area contributed by atoms with Gasteiger partial charge in [-0.05, 0) is 0 Å².